The number of alkyl halides is 3. The number of halogens is 4. The maximum Gasteiger partial charge on any atom is 0.416 e. The van der Waals surface area contributed by atoms with Gasteiger partial charge in [0.25, 0.3) is 0 Å². The first-order chi connectivity index (χ1) is 11.3. The van der Waals surface area contributed by atoms with Crippen molar-refractivity contribution in [1.82, 2.24) is 4.68 Å². The highest BCUT2D eigenvalue weighted by Gasteiger charge is 2.30. The molecule has 4 N–H and O–H groups in total. The van der Waals surface area contributed by atoms with Crippen LogP contribution in [-0.2, 0) is 6.18 Å². The Hall–Kier alpha value is -2.48. The van der Waals surface area contributed by atoms with Crippen LogP contribution in [-0.4, -0.2) is 4.68 Å². The number of nitrogens with two attached hydrogens (primary N) is 2. The van der Waals surface area contributed by atoms with E-state index in [-0.39, 0.29) is 0 Å². The third kappa shape index (κ3) is 2.84. The van der Waals surface area contributed by atoms with Gasteiger partial charge in [0, 0.05) is 21.6 Å². The van der Waals surface area contributed by atoms with E-state index in [1.807, 2.05) is 12.1 Å². The van der Waals surface area contributed by atoms with Crippen molar-refractivity contribution >= 4 is 26.7 Å². The molecule has 8 heteroatoms. The Morgan fingerprint density at radius 1 is 1.00 bits per heavy atom. The molecule has 0 aliphatic heterocycles. The van der Waals surface area contributed by atoms with Crippen molar-refractivity contribution in [3.05, 3.63) is 64.2 Å². The number of nitrogen functional groups attached to an aromatic ring is 1. The van der Waals surface area contributed by atoms with Crippen molar-refractivity contribution in [2.24, 2.45) is 10.9 Å². The Morgan fingerprint density at radius 2 is 1.67 bits per heavy atom. The molecule has 4 nitrogen and oxygen atoms in total. The molecule has 0 aliphatic rings. The Bertz CT molecular complexity index is 976. The monoisotopic (exact) mass is 396 g/mol. The van der Waals surface area contributed by atoms with Crippen LogP contribution in [0.4, 0.5) is 13.2 Å². The lowest BCUT2D eigenvalue weighted by molar-refractivity contribution is -0.137. The summed E-state index contributed by atoms with van der Waals surface area (Å²) in [6.07, 6.45) is -2.79. The van der Waals surface area contributed by atoms with Crippen LogP contribution in [0.2, 0.25) is 0 Å². The van der Waals surface area contributed by atoms with Gasteiger partial charge < -0.3 is 11.7 Å². The summed E-state index contributed by atoms with van der Waals surface area (Å²) in [5.41, 5.74) is 0.952. The quantitative estimate of drug-likeness (QED) is 0.487. The standard InChI is InChI=1S/C16H12BrF3N4/c17-11-5-6-12-13(7-11)15(23-21)24(22)8-14(12)9-1-3-10(4-2-9)16(18,19)20/h1-8H,21-22H2/b23-15-. The van der Waals surface area contributed by atoms with E-state index in [9.17, 15) is 13.2 Å². The number of hydrogen-bond acceptors (Lipinski definition) is 3. The molecule has 3 rings (SSSR count). The fraction of sp³-hybridized carbons (Fsp3) is 0.0625. The van der Waals surface area contributed by atoms with Gasteiger partial charge in [0.05, 0.1) is 5.56 Å². The number of fused-ring (bicyclic) bond motifs is 1. The fourth-order valence-electron chi connectivity index (χ4n) is 2.55. The first kappa shape index (κ1) is 16.4. The molecule has 1 heterocycles. The molecule has 0 fully saturated rings. The highest BCUT2D eigenvalue weighted by atomic mass is 79.9. The van der Waals surface area contributed by atoms with E-state index in [1.54, 1.807) is 12.3 Å². The van der Waals surface area contributed by atoms with Crippen molar-refractivity contribution in [1.29, 1.82) is 0 Å². The van der Waals surface area contributed by atoms with E-state index < -0.39 is 11.7 Å². The van der Waals surface area contributed by atoms with Crippen LogP contribution in [0.15, 0.2) is 58.2 Å². The van der Waals surface area contributed by atoms with Gasteiger partial charge in [-0.1, -0.05) is 34.1 Å². The van der Waals surface area contributed by atoms with Crippen LogP contribution in [0.1, 0.15) is 5.56 Å². The van der Waals surface area contributed by atoms with Crippen LogP contribution >= 0.6 is 15.9 Å². The van der Waals surface area contributed by atoms with Crippen molar-refractivity contribution in [3.63, 3.8) is 0 Å². The SMILES string of the molecule is N/N=c1/c2cc(Br)ccc2c(-c2ccc(C(F)(F)F)cc2)cn1N. The average Bonchev–Trinajstić information content (AvgIpc) is 2.53. The van der Waals surface area contributed by atoms with E-state index in [4.69, 9.17) is 11.7 Å². The minimum atomic E-state index is -4.37. The number of nitrogens with zero attached hydrogens (tertiary/aromatic N) is 2. The minimum Gasteiger partial charge on any atom is -0.338 e. The summed E-state index contributed by atoms with van der Waals surface area (Å²) in [4.78, 5) is 0. The summed E-state index contributed by atoms with van der Waals surface area (Å²) in [5.74, 6) is 11.3. The molecule has 0 unspecified atom stereocenters. The molecular formula is C16H12BrF3N4. The molecule has 0 bridgehead atoms. The zero-order chi connectivity index (χ0) is 17.5. The molecule has 124 valence electrons. The first-order valence-corrected chi connectivity index (χ1v) is 7.62. The molecule has 0 saturated carbocycles. The van der Waals surface area contributed by atoms with E-state index in [0.29, 0.717) is 22.0 Å². The molecule has 0 aliphatic carbocycles. The zero-order valence-corrected chi connectivity index (χ0v) is 13.8. The van der Waals surface area contributed by atoms with E-state index in [2.05, 4.69) is 21.0 Å². The Kier molecular flexibility index (Phi) is 4.00. The van der Waals surface area contributed by atoms with E-state index in [1.165, 1.54) is 16.8 Å². The number of pyridine rings is 1. The fourth-order valence-corrected chi connectivity index (χ4v) is 2.91. The van der Waals surface area contributed by atoms with Crippen LogP contribution in [0.5, 0.6) is 0 Å². The van der Waals surface area contributed by atoms with Gasteiger partial charge in [0.2, 0.25) is 0 Å². The molecule has 0 radical (unpaired) electrons. The molecule has 24 heavy (non-hydrogen) atoms. The molecule has 0 amide bonds. The number of rotatable bonds is 1. The smallest absolute Gasteiger partial charge is 0.338 e. The summed E-state index contributed by atoms with van der Waals surface area (Å²) in [6, 6.07) is 10.4. The van der Waals surface area contributed by atoms with Crippen molar-refractivity contribution < 1.29 is 13.2 Å². The van der Waals surface area contributed by atoms with Gasteiger partial charge in [-0.15, -0.1) is 0 Å². The lowest BCUT2D eigenvalue weighted by atomic mass is 9.99. The van der Waals surface area contributed by atoms with Crippen LogP contribution in [0.25, 0.3) is 21.9 Å². The largest absolute Gasteiger partial charge is 0.416 e. The Labute approximate surface area is 143 Å². The van der Waals surface area contributed by atoms with Gasteiger partial charge >= 0.3 is 6.18 Å². The van der Waals surface area contributed by atoms with Crippen LogP contribution < -0.4 is 17.2 Å². The molecule has 0 saturated heterocycles. The first-order valence-electron chi connectivity index (χ1n) is 6.83. The Balaban J connectivity index is 2.27. The van der Waals surface area contributed by atoms with Crippen molar-refractivity contribution in [3.8, 4) is 11.1 Å². The summed E-state index contributed by atoms with van der Waals surface area (Å²) in [5, 5.41) is 5.16. The predicted octanol–water partition coefficient (Wildman–Crippen LogP) is 3.58. The number of aromatic nitrogens is 1. The molecule has 0 atom stereocenters. The summed E-state index contributed by atoms with van der Waals surface area (Å²) in [7, 11) is 0. The number of hydrogen-bond donors (Lipinski definition) is 2. The molecular weight excluding hydrogens is 385 g/mol. The maximum atomic E-state index is 12.7. The summed E-state index contributed by atoms with van der Waals surface area (Å²) >= 11 is 3.37. The second kappa shape index (κ2) is 5.86. The lowest BCUT2D eigenvalue weighted by Crippen LogP contribution is -2.29. The van der Waals surface area contributed by atoms with E-state index >= 15 is 0 Å². The van der Waals surface area contributed by atoms with Gasteiger partial charge in [-0.2, -0.15) is 18.3 Å². The van der Waals surface area contributed by atoms with Crippen molar-refractivity contribution in [2.75, 3.05) is 5.84 Å². The topological polar surface area (TPSA) is 69.3 Å². The summed E-state index contributed by atoms with van der Waals surface area (Å²) in [6.45, 7) is 0. The van der Waals surface area contributed by atoms with Gasteiger partial charge in [0.15, 0.2) is 5.49 Å². The normalized spacial score (nSPS) is 12.8. The molecule has 2 aromatic carbocycles. The molecule has 3 aromatic rings. The highest BCUT2D eigenvalue weighted by molar-refractivity contribution is 9.10. The van der Waals surface area contributed by atoms with Gasteiger partial charge in [-0.25, -0.2) is 4.68 Å². The maximum absolute atomic E-state index is 12.7. The molecule has 0 spiro atoms. The van der Waals surface area contributed by atoms with Crippen LogP contribution in [0.3, 0.4) is 0 Å². The zero-order valence-electron chi connectivity index (χ0n) is 12.2. The summed E-state index contributed by atoms with van der Waals surface area (Å²) < 4.78 is 40.2. The molecule has 1 aromatic heterocycles. The van der Waals surface area contributed by atoms with Gasteiger partial charge in [0.1, 0.15) is 0 Å². The highest BCUT2D eigenvalue weighted by Crippen LogP contribution is 2.33. The second-order valence-electron chi connectivity index (χ2n) is 5.17. The second-order valence-corrected chi connectivity index (χ2v) is 6.08. The third-order valence-electron chi connectivity index (χ3n) is 3.67. The number of benzene rings is 2. The van der Waals surface area contributed by atoms with Crippen LogP contribution in [0, 0.1) is 0 Å². The lowest BCUT2D eigenvalue weighted by Gasteiger charge is -2.12. The third-order valence-corrected chi connectivity index (χ3v) is 4.16. The Morgan fingerprint density at radius 3 is 2.25 bits per heavy atom. The minimum absolute atomic E-state index is 0.363. The van der Waals surface area contributed by atoms with Crippen molar-refractivity contribution in [2.45, 2.75) is 6.18 Å². The van der Waals surface area contributed by atoms with Gasteiger partial charge in [-0.05, 0) is 35.2 Å². The average molecular weight is 397 g/mol. The van der Waals surface area contributed by atoms with Gasteiger partial charge in [-0.3, -0.25) is 0 Å². The predicted molar refractivity (Wildman–Crippen MR) is 90.0 cm³/mol. The van der Waals surface area contributed by atoms with E-state index in [0.717, 1.165) is 22.0 Å².